The number of nitrogens with two attached hydrogens (primary N) is 1. The van der Waals surface area contributed by atoms with E-state index >= 15 is 0 Å². The standard InChI is InChI=1S/C18H25N3O2/c1-20-15(11-14-5-3-2-4-6-14)12-18(17(20)23)7-9-21(10-8-18)13-16(19)22/h2-6,15H,7-13H2,1H3,(H2,19,22)/t15-/m0/s1. The topological polar surface area (TPSA) is 66.6 Å². The van der Waals surface area contributed by atoms with Gasteiger partial charge in [-0.3, -0.25) is 14.5 Å². The Morgan fingerprint density at radius 1 is 1.26 bits per heavy atom. The molecule has 3 rings (SSSR count). The van der Waals surface area contributed by atoms with Crippen LogP contribution >= 0.6 is 0 Å². The molecule has 0 saturated carbocycles. The van der Waals surface area contributed by atoms with Crippen molar-refractivity contribution in [3.8, 4) is 0 Å². The van der Waals surface area contributed by atoms with E-state index in [-0.39, 0.29) is 23.3 Å². The number of primary amides is 1. The van der Waals surface area contributed by atoms with Crippen LogP contribution in [0.3, 0.4) is 0 Å². The van der Waals surface area contributed by atoms with Gasteiger partial charge in [-0.15, -0.1) is 0 Å². The van der Waals surface area contributed by atoms with E-state index in [0.717, 1.165) is 38.8 Å². The van der Waals surface area contributed by atoms with Crippen LogP contribution in [0.25, 0.3) is 0 Å². The molecule has 23 heavy (non-hydrogen) atoms. The second-order valence-corrected chi connectivity index (χ2v) is 6.99. The van der Waals surface area contributed by atoms with Crippen molar-refractivity contribution in [3.05, 3.63) is 35.9 Å². The molecule has 2 fully saturated rings. The van der Waals surface area contributed by atoms with Crippen molar-refractivity contribution in [2.24, 2.45) is 11.1 Å². The SMILES string of the molecule is CN1C(=O)C2(CCN(CC(N)=O)CC2)C[C@@H]1Cc1ccccc1. The molecular formula is C18H25N3O2. The number of hydrogen-bond donors (Lipinski definition) is 1. The molecule has 2 saturated heterocycles. The van der Waals surface area contributed by atoms with Gasteiger partial charge in [0, 0.05) is 13.1 Å². The highest BCUT2D eigenvalue weighted by Crippen LogP contribution is 2.44. The van der Waals surface area contributed by atoms with Gasteiger partial charge in [-0.1, -0.05) is 30.3 Å². The van der Waals surface area contributed by atoms with E-state index in [1.54, 1.807) is 0 Å². The lowest BCUT2D eigenvalue weighted by atomic mass is 9.75. The summed E-state index contributed by atoms with van der Waals surface area (Å²) >= 11 is 0. The molecule has 0 bridgehead atoms. The Bertz CT molecular complexity index is 579. The highest BCUT2D eigenvalue weighted by molar-refractivity contribution is 5.85. The molecule has 5 nitrogen and oxygen atoms in total. The Hall–Kier alpha value is -1.88. The average Bonchev–Trinajstić information content (AvgIpc) is 2.76. The van der Waals surface area contributed by atoms with Gasteiger partial charge in [0.05, 0.1) is 12.0 Å². The fourth-order valence-corrected chi connectivity index (χ4v) is 4.09. The molecule has 124 valence electrons. The first-order valence-corrected chi connectivity index (χ1v) is 8.32. The smallest absolute Gasteiger partial charge is 0.231 e. The maximum absolute atomic E-state index is 12.8. The van der Waals surface area contributed by atoms with E-state index in [4.69, 9.17) is 5.73 Å². The third-order valence-electron chi connectivity index (χ3n) is 5.45. The molecule has 1 atom stereocenters. The molecular weight excluding hydrogens is 290 g/mol. The molecule has 2 amide bonds. The van der Waals surface area contributed by atoms with E-state index in [0.29, 0.717) is 6.54 Å². The van der Waals surface area contributed by atoms with Crippen molar-refractivity contribution in [2.75, 3.05) is 26.7 Å². The monoisotopic (exact) mass is 315 g/mol. The molecule has 1 spiro atoms. The number of carbonyl (C=O) groups excluding carboxylic acids is 2. The van der Waals surface area contributed by atoms with E-state index in [1.165, 1.54) is 5.56 Å². The minimum Gasteiger partial charge on any atom is -0.369 e. The summed E-state index contributed by atoms with van der Waals surface area (Å²) in [5, 5.41) is 0. The minimum atomic E-state index is -0.294. The Labute approximate surface area is 137 Å². The van der Waals surface area contributed by atoms with Crippen molar-refractivity contribution in [3.63, 3.8) is 0 Å². The molecule has 0 unspecified atom stereocenters. The van der Waals surface area contributed by atoms with Crippen LogP contribution in [0.1, 0.15) is 24.8 Å². The van der Waals surface area contributed by atoms with Gasteiger partial charge in [0.1, 0.15) is 0 Å². The largest absolute Gasteiger partial charge is 0.369 e. The second-order valence-electron chi connectivity index (χ2n) is 6.99. The number of benzene rings is 1. The van der Waals surface area contributed by atoms with Gasteiger partial charge in [-0.2, -0.15) is 0 Å². The Kier molecular flexibility index (Phi) is 4.39. The molecule has 2 heterocycles. The summed E-state index contributed by atoms with van der Waals surface area (Å²) in [6.07, 6.45) is 3.49. The van der Waals surface area contributed by atoms with Crippen LogP contribution in [-0.4, -0.2) is 54.3 Å². The number of carbonyl (C=O) groups is 2. The fourth-order valence-electron chi connectivity index (χ4n) is 4.09. The van der Waals surface area contributed by atoms with Crippen LogP contribution < -0.4 is 5.73 Å². The van der Waals surface area contributed by atoms with Crippen molar-refractivity contribution in [2.45, 2.75) is 31.7 Å². The zero-order chi connectivity index (χ0) is 16.4. The number of rotatable bonds is 4. The fraction of sp³-hybridized carbons (Fsp3) is 0.556. The predicted molar refractivity (Wildman–Crippen MR) is 88.6 cm³/mol. The number of likely N-dealkylation sites (N-methyl/N-ethyl adjacent to an activating group) is 1. The average molecular weight is 315 g/mol. The van der Waals surface area contributed by atoms with Crippen molar-refractivity contribution in [1.29, 1.82) is 0 Å². The van der Waals surface area contributed by atoms with E-state index < -0.39 is 0 Å². The van der Waals surface area contributed by atoms with Gasteiger partial charge < -0.3 is 10.6 Å². The summed E-state index contributed by atoms with van der Waals surface area (Å²) in [5.74, 6) is -0.0186. The van der Waals surface area contributed by atoms with E-state index in [9.17, 15) is 9.59 Å². The second kappa shape index (κ2) is 6.32. The highest BCUT2D eigenvalue weighted by Gasteiger charge is 2.51. The van der Waals surface area contributed by atoms with Gasteiger partial charge in [-0.25, -0.2) is 0 Å². The summed E-state index contributed by atoms with van der Waals surface area (Å²) < 4.78 is 0. The van der Waals surface area contributed by atoms with Crippen molar-refractivity contribution in [1.82, 2.24) is 9.80 Å². The number of piperidine rings is 1. The van der Waals surface area contributed by atoms with E-state index in [2.05, 4.69) is 17.0 Å². The highest BCUT2D eigenvalue weighted by atomic mass is 16.2. The zero-order valence-corrected chi connectivity index (χ0v) is 13.7. The summed E-state index contributed by atoms with van der Waals surface area (Å²) in [7, 11) is 1.93. The molecule has 2 N–H and O–H groups in total. The normalized spacial score (nSPS) is 24.3. The number of hydrogen-bond acceptors (Lipinski definition) is 3. The quantitative estimate of drug-likeness (QED) is 0.902. The lowest BCUT2D eigenvalue weighted by molar-refractivity contribution is -0.138. The maximum atomic E-state index is 12.8. The van der Waals surface area contributed by atoms with Gasteiger partial charge >= 0.3 is 0 Å². The molecule has 0 aromatic heterocycles. The Balaban J connectivity index is 1.66. The molecule has 1 aromatic carbocycles. The lowest BCUT2D eigenvalue weighted by Gasteiger charge is -2.37. The minimum absolute atomic E-state index is 0.234. The van der Waals surface area contributed by atoms with Crippen LogP contribution in [0.2, 0.25) is 0 Å². The summed E-state index contributed by atoms with van der Waals surface area (Å²) in [4.78, 5) is 27.9. The molecule has 1 aromatic rings. The number of amides is 2. The van der Waals surface area contributed by atoms with Crippen LogP contribution in [0, 0.1) is 5.41 Å². The van der Waals surface area contributed by atoms with Crippen LogP contribution in [0.4, 0.5) is 0 Å². The third kappa shape index (κ3) is 3.24. The Morgan fingerprint density at radius 3 is 2.52 bits per heavy atom. The summed E-state index contributed by atoms with van der Waals surface area (Å²) in [6.45, 7) is 1.86. The molecule has 0 radical (unpaired) electrons. The molecule has 2 aliphatic rings. The first-order valence-electron chi connectivity index (χ1n) is 8.32. The first-order chi connectivity index (χ1) is 11.0. The lowest BCUT2D eigenvalue weighted by Crippen LogP contribution is -2.46. The van der Waals surface area contributed by atoms with Crippen molar-refractivity contribution >= 4 is 11.8 Å². The predicted octanol–water partition coefficient (Wildman–Crippen LogP) is 1.03. The Morgan fingerprint density at radius 2 is 1.91 bits per heavy atom. The van der Waals surface area contributed by atoms with Gasteiger partial charge in [0.25, 0.3) is 0 Å². The summed E-state index contributed by atoms with van der Waals surface area (Å²) in [6, 6.07) is 10.6. The zero-order valence-electron chi connectivity index (χ0n) is 13.7. The molecule has 5 heteroatoms. The molecule has 2 aliphatic heterocycles. The maximum Gasteiger partial charge on any atom is 0.231 e. The van der Waals surface area contributed by atoms with Crippen LogP contribution in [-0.2, 0) is 16.0 Å². The first kappa shape index (κ1) is 16.0. The van der Waals surface area contributed by atoms with Crippen molar-refractivity contribution < 1.29 is 9.59 Å². The van der Waals surface area contributed by atoms with Gasteiger partial charge in [-0.05, 0) is 44.3 Å². The molecule has 0 aliphatic carbocycles. The third-order valence-corrected chi connectivity index (χ3v) is 5.45. The number of nitrogens with zero attached hydrogens (tertiary/aromatic N) is 2. The van der Waals surface area contributed by atoms with Gasteiger partial charge in [0.15, 0.2) is 0 Å². The van der Waals surface area contributed by atoms with Crippen LogP contribution in [0.15, 0.2) is 30.3 Å². The van der Waals surface area contributed by atoms with E-state index in [1.807, 2.05) is 30.1 Å². The summed E-state index contributed by atoms with van der Waals surface area (Å²) in [5.41, 5.74) is 6.31. The number of likely N-dealkylation sites (tertiary alicyclic amines) is 2. The van der Waals surface area contributed by atoms with Gasteiger partial charge in [0.2, 0.25) is 11.8 Å². The van der Waals surface area contributed by atoms with Crippen LogP contribution in [0.5, 0.6) is 0 Å².